The summed E-state index contributed by atoms with van der Waals surface area (Å²) in [6.45, 7) is 3.92. The van der Waals surface area contributed by atoms with E-state index in [0.717, 1.165) is 5.56 Å². The van der Waals surface area contributed by atoms with Crippen LogP contribution < -0.4 is 10.6 Å². The number of nitrogens with one attached hydrogen (secondary N) is 2. The maximum Gasteiger partial charge on any atom is 0.326 e. The fourth-order valence-electron chi connectivity index (χ4n) is 1.81. The molecular weight excluding hydrogens is 276 g/mol. The minimum absolute atomic E-state index is 0.177. The highest BCUT2D eigenvalue weighted by atomic mass is 16.4. The minimum atomic E-state index is -1.48. The molecule has 2 amide bonds. The molecule has 0 unspecified atom stereocenters. The van der Waals surface area contributed by atoms with Gasteiger partial charge in [-0.05, 0) is 17.5 Å². The SMILES string of the molecule is CC(C)c1ccccc1NC(=O)N[C@H](CC(=O)O)C(=O)O. The highest BCUT2D eigenvalue weighted by Gasteiger charge is 2.23. The minimum Gasteiger partial charge on any atom is -0.481 e. The van der Waals surface area contributed by atoms with Crippen molar-refractivity contribution in [2.45, 2.75) is 32.2 Å². The Morgan fingerprint density at radius 1 is 1.14 bits per heavy atom. The Morgan fingerprint density at radius 2 is 1.76 bits per heavy atom. The number of benzene rings is 1. The maximum absolute atomic E-state index is 11.8. The van der Waals surface area contributed by atoms with E-state index in [2.05, 4.69) is 10.6 Å². The Hall–Kier alpha value is -2.57. The normalized spacial score (nSPS) is 11.8. The van der Waals surface area contributed by atoms with E-state index in [1.807, 2.05) is 26.0 Å². The molecule has 4 N–H and O–H groups in total. The number of rotatable bonds is 6. The van der Waals surface area contributed by atoms with Crippen molar-refractivity contribution in [1.82, 2.24) is 5.32 Å². The van der Waals surface area contributed by atoms with Crippen molar-refractivity contribution in [3.8, 4) is 0 Å². The smallest absolute Gasteiger partial charge is 0.326 e. The van der Waals surface area contributed by atoms with Crippen LogP contribution in [0.1, 0.15) is 31.7 Å². The summed E-state index contributed by atoms with van der Waals surface area (Å²) >= 11 is 0. The molecule has 0 aromatic heterocycles. The van der Waals surface area contributed by atoms with Gasteiger partial charge in [0.15, 0.2) is 0 Å². The molecule has 1 rings (SSSR count). The Bertz CT molecular complexity index is 542. The largest absolute Gasteiger partial charge is 0.481 e. The third kappa shape index (κ3) is 5.13. The number of para-hydroxylation sites is 1. The number of carboxylic acid groups (broad SMARTS) is 2. The van der Waals surface area contributed by atoms with E-state index in [0.29, 0.717) is 5.69 Å². The Morgan fingerprint density at radius 3 is 2.29 bits per heavy atom. The lowest BCUT2D eigenvalue weighted by Gasteiger charge is -2.16. The van der Waals surface area contributed by atoms with E-state index in [4.69, 9.17) is 10.2 Å². The number of carboxylic acids is 2. The van der Waals surface area contributed by atoms with Crippen LogP contribution in [0.3, 0.4) is 0 Å². The number of carbonyl (C=O) groups is 3. The van der Waals surface area contributed by atoms with Gasteiger partial charge in [0.1, 0.15) is 6.04 Å². The van der Waals surface area contributed by atoms with Crippen LogP contribution in [0.4, 0.5) is 10.5 Å². The molecule has 0 bridgehead atoms. The zero-order valence-corrected chi connectivity index (χ0v) is 11.8. The highest BCUT2D eigenvalue weighted by Crippen LogP contribution is 2.23. The van der Waals surface area contributed by atoms with Crippen LogP contribution in [0, 0.1) is 0 Å². The van der Waals surface area contributed by atoms with E-state index < -0.39 is 30.4 Å². The van der Waals surface area contributed by atoms with Crippen molar-refractivity contribution < 1.29 is 24.6 Å². The van der Waals surface area contributed by atoms with Crippen LogP contribution >= 0.6 is 0 Å². The number of urea groups is 1. The first-order valence-corrected chi connectivity index (χ1v) is 6.42. The molecule has 114 valence electrons. The molecule has 0 saturated heterocycles. The van der Waals surface area contributed by atoms with Gasteiger partial charge < -0.3 is 20.8 Å². The first kappa shape index (κ1) is 16.5. The van der Waals surface area contributed by atoms with Crippen molar-refractivity contribution in [2.75, 3.05) is 5.32 Å². The molecule has 0 spiro atoms. The van der Waals surface area contributed by atoms with E-state index in [9.17, 15) is 14.4 Å². The summed E-state index contributed by atoms with van der Waals surface area (Å²) in [6, 6.07) is 4.90. The molecule has 0 radical (unpaired) electrons. The second-order valence-electron chi connectivity index (χ2n) is 4.83. The molecular formula is C14H18N2O5. The molecule has 0 heterocycles. The van der Waals surface area contributed by atoms with Gasteiger partial charge in [0.05, 0.1) is 6.42 Å². The van der Waals surface area contributed by atoms with Crippen molar-refractivity contribution in [2.24, 2.45) is 0 Å². The van der Waals surface area contributed by atoms with Crippen LogP contribution in [0.5, 0.6) is 0 Å². The molecule has 0 aliphatic rings. The molecule has 0 aliphatic heterocycles. The lowest BCUT2D eigenvalue weighted by molar-refractivity contribution is -0.145. The quantitative estimate of drug-likeness (QED) is 0.639. The summed E-state index contributed by atoms with van der Waals surface area (Å²) in [5.41, 5.74) is 1.46. The van der Waals surface area contributed by atoms with Crippen molar-refractivity contribution >= 4 is 23.7 Å². The molecule has 1 atom stereocenters. The summed E-state index contributed by atoms with van der Waals surface area (Å²) in [7, 11) is 0. The monoisotopic (exact) mass is 294 g/mol. The number of carbonyl (C=O) groups excluding carboxylic acids is 1. The summed E-state index contributed by atoms with van der Waals surface area (Å²) in [5, 5.41) is 22.2. The number of hydrogen-bond acceptors (Lipinski definition) is 3. The summed E-state index contributed by atoms with van der Waals surface area (Å²) in [5.74, 6) is -2.52. The summed E-state index contributed by atoms with van der Waals surface area (Å²) in [4.78, 5) is 33.3. The van der Waals surface area contributed by atoms with Gasteiger partial charge in [0.25, 0.3) is 0 Å². The van der Waals surface area contributed by atoms with Gasteiger partial charge in [-0.1, -0.05) is 32.0 Å². The number of anilines is 1. The fraction of sp³-hybridized carbons (Fsp3) is 0.357. The summed E-state index contributed by atoms with van der Waals surface area (Å²) in [6.07, 6.45) is -0.686. The van der Waals surface area contributed by atoms with Crippen LogP contribution in [0.2, 0.25) is 0 Å². The first-order chi connectivity index (χ1) is 9.81. The van der Waals surface area contributed by atoms with E-state index in [-0.39, 0.29) is 5.92 Å². The van der Waals surface area contributed by atoms with Gasteiger partial charge in [-0.2, -0.15) is 0 Å². The Balaban J connectivity index is 2.77. The second-order valence-corrected chi connectivity index (χ2v) is 4.83. The average molecular weight is 294 g/mol. The van der Waals surface area contributed by atoms with Crippen LogP contribution in [-0.4, -0.2) is 34.2 Å². The molecule has 0 saturated carbocycles. The number of amides is 2. The van der Waals surface area contributed by atoms with E-state index >= 15 is 0 Å². The maximum atomic E-state index is 11.8. The predicted molar refractivity (Wildman–Crippen MR) is 76.4 cm³/mol. The molecule has 1 aromatic carbocycles. The number of hydrogen-bond donors (Lipinski definition) is 4. The van der Waals surface area contributed by atoms with Crippen LogP contribution in [-0.2, 0) is 9.59 Å². The van der Waals surface area contributed by atoms with E-state index in [1.54, 1.807) is 12.1 Å². The average Bonchev–Trinajstić information content (AvgIpc) is 2.37. The Labute approximate surface area is 122 Å². The predicted octanol–water partition coefficient (Wildman–Crippen LogP) is 1.86. The van der Waals surface area contributed by atoms with Crippen LogP contribution in [0.15, 0.2) is 24.3 Å². The van der Waals surface area contributed by atoms with Gasteiger partial charge in [-0.15, -0.1) is 0 Å². The molecule has 0 aliphatic carbocycles. The first-order valence-electron chi connectivity index (χ1n) is 6.42. The van der Waals surface area contributed by atoms with Crippen molar-refractivity contribution in [1.29, 1.82) is 0 Å². The fourth-order valence-corrected chi connectivity index (χ4v) is 1.81. The third-order valence-electron chi connectivity index (χ3n) is 2.81. The molecule has 7 nitrogen and oxygen atoms in total. The molecule has 7 heteroatoms. The topological polar surface area (TPSA) is 116 Å². The summed E-state index contributed by atoms with van der Waals surface area (Å²) < 4.78 is 0. The second kappa shape index (κ2) is 7.28. The standard InChI is InChI=1S/C14H18N2O5/c1-8(2)9-5-3-4-6-10(9)15-14(21)16-11(13(19)20)7-12(17)18/h3-6,8,11H,7H2,1-2H3,(H,17,18)(H,19,20)(H2,15,16,21)/t11-/m1/s1. The van der Waals surface area contributed by atoms with Gasteiger partial charge >= 0.3 is 18.0 Å². The third-order valence-corrected chi connectivity index (χ3v) is 2.81. The Kier molecular flexibility index (Phi) is 5.71. The van der Waals surface area contributed by atoms with Gasteiger partial charge in [-0.3, -0.25) is 4.79 Å². The molecule has 0 fully saturated rings. The molecule has 21 heavy (non-hydrogen) atoms. The van der Waals surface area contributed by atoms with Gasteiger partial charge in [-0.25, -0.2) is 9.59 Å². The van der Waals surface area contributed by atoms with E-state index in [1.165, 1.54) is 0 Å². The molecule has 1 aromatic rings. The van der Waals surface area contributed by atoms with Gasteiger partial charge in [0, 0.05) is 5.69 Å². The zero-order valence-electron chi connectivity index (χ0n) is 11.8. The zero-order chi connectivity index (χ0) is 16.0. The highest BCUT2D eigenvalue weighted by molar-refractivity contribution is 5.94. The lowest BCUT2D eigenvalue weighted by atomic mass is 10.0. The number of aliphatic carboxylic acids is 2. The van der Waals surface area contributed by atoms with Gasteiger partial charge in [0.2, 0.25) is 0 Å². The van der Waals surface area contributed by atoms with Crippen molar-refractivity contribution in [3.05, 3.63) is 29.8 Å². The van der Waals surface area contributed by atoms with Crippen LogP contribution in [0.25, 0.3) is 0 Å². The van der Waals surface area contributed by atoms with Crippen molar-refractivity contribution in [3.63, 3.8) is 0 Å². The lowest BCUT2D eigenvalue weighted by Crippen LogP contribution is -2.44.